The second kappa shape index (κ2) is 6.61. The first-order valence-corrected chi connectivity index (χ1v) is 7.49. The van der Waals surface area contributed by atoms with Crippen molar-refractivity contribution >= 4 is 17.8 Å². The number of amides is 2. The molecule has 8 heteroatoms. The molecule has 0 radical (unpaired) electrons. The lowest BCUT2D eigenvalue weighted by Gasteiger charge is -2.12. The van der Waals surface area contributed by atoms with E-state index in [2.05, 4.69) is 15.5 Å². The van der Waals surface area contributed by atoms with Gasteiger partial charge in [-0.3, -0.25) is 14.8 Å². The number of hydrogen-bond acceptors (Lipinski definition) is 5. The third-order valence-electron chi connectivity index (χ3n) is 3.76. The molecule has 1 aliphatic heterocycles. The van der Waals surface area contributed by atoms with Crippen LogP contribution in [0.1, 0.15) is 5.69 Å². The van der Waals surface area contributed by atoms with Gasteiger partial charge < -0.3 is 14.8 Å². The Hall–Kier alpha value is -3.03. The molecule has 1 aromatic carbocycles. The number of nitrogens with one attached hydrogen (secondary N) is 2. The molecule has 0 atom stereocenters. The quantitative estimate of drug-likeness (QED) is 0.871. The van der Waals surface area contributed by atoms with E-state index in [1.165, 1.54) is 4.90 Å². The summed E-state index contributed by atoms with van der Waals surface area (Å²) in [6, 6.07) is 7.47. The number of cyclic esters (lactones) is 1. The van der Waals surface area contributed by atoms with Gasteiger partial charge in [-0.15, -0.1) is 0 Å². The Kier molecular flexibility index (Phi) is 4.37. The summed E-state index contributed by atoms with van der Waals surface area (Å²) >= 11 is 0. The predicted octanol–water partition coefficient (Wildman–Crippen LogP) is 1.78. The molecule has 2 aromatic rings. The number of methoxy groups -OCH3 is 1. The minimum absolute atomic E-state index is 0.0627. The Bertz CT molecular complexity index is 754. The zero-order valence-electron chi connectivity index (χ0n) is 13.5. The molecule has 2 heterocycles. The van der Waals surface area contributed by atoms with Gasteiger partial charge in [0.2, 0.25) is 5.91 Å². The molecule has 3 rings (SSSR count). The maximum absolute atomic E-state index is 12.2. The Morgan fingerprint density at radius 3 is 2.79 bits per heavy atom. The number of H-pyrrole nitrogens is 1. The number of hydrogen-bond donors (Lipinski definition) is 2. The normalized spacial score (nSPS) is 13.8. The second-order valence-electron chi connectivity index (χ2n) is 5.38. The van der Waals surface area contributed by atoms with E-state index in [1.54, 1.807) is 7.11 Å². The lowest BCUT2D eigenvalue weighted by molar-refractivity contribution is -0.116. The molecule has 0 spiro atoms. The molecule has 24 heavy (non-hydrogen) atoms. The number of benzene rings is 1. The molecule has 1 aromatic heterocycles. The summed E-state index contributed by atoms with van der Waals surface area (Å²) in [7, 11) is 1.60. The molecule has 1 aliphatic rings. The Morgan fingerprint density at radius 1 is 1.42 bits per heavy atom. The van der Waals surface area contributed by atoms with Crippen LogP contribution in [0.3, 0.4) is 0 Å². The summed E-state index contributed by atoms with van der Waals surface area (Å²) in [5.41, 5.74) is 2.53. The minimum Gasteiger partial charge on any atom is -0.497 e. The number of anilines is 1. The van der Waals surface area contributed by atoms with Crippen LogP contribution >= 0.6 is 0 Å². The standard InChI is InChI=1S/C16H18N4O4/c1-10-14(11-3-5-12(23-2)6-4-11)15(19-18-10)17-13(21)9-20-7-8-24-16(20)22/h3-6H,7-9H2,1-2H3,(H2,17,18,19,21). The third-order valence-corrected chi connectivity index (χ3v) is 3.76. The molecule has 1 saturated heterocycles. The highest BCUT2D eigenvalue weighted by molar-refractivity contribution is 5.97. The van der Waals surface area contributed by atoms with E-state index < -0.39 is 6.09 Å². The van der Waals surface area contributed by atoms with Crippen molar-refractivity contribution in [1.82, 2.24) is 15.1 Å². The summed E-state index contributed by atoms with van der Waals surface area (Å²) < 4.78 is 9.96. The summed E-state index contributed by atoms with van der Waals surface area (Å²) in [5.74, 6) is 0.850. The van der Waals surface area contributed by atoms with Crippen LogP contribution in [0.25, 0.3) is 11.1 Å². The molecule has 126 valence electrons. The fraction of sp³-hybridized carbons (Fsp3) is 0.312. The molecule has 0 unspecified atom stereocenters. The van der Waals surface area contributed by atoms with Gasteiger partial charge in [0, 0.05) is 11.3 Å². The molecule has 0 bridgehead atoms. The van der Waals surface area contributed by atoms with E-state index in [-0.39, 0.29) is 12.5 Å². The highest BCUT2D eigenvalue weighted by Gasteiger charge is 2.25. The van der Waals surface area contributed by atoms with Crippen molar-refractivity contribution in [2.45, 2.75) is 6.92 Å². The minimum atomic E-state index is -0.473. The second-order valence-corrected chi connectivity index (χ2v) is 5.38. The summed E-state index contributed by atoms with van der Waals surface area (Å²) in [6.45, 7) is 2.54. The van der Waals surface area contributed by atoms with Gasteiger partial charge in [0.25, 0.3) is 0 Å². The van der Waals surface area contributed by atoms with Crippen molar-refractivity contribution in [3.05, 3.63) is 30.0 Å². The van der Waals surface area contributed by atoms with E-state index >= 15 is 0 Å². The maximum atomic E-state index is 12.2. The first-order chi connectivity index (χ1) is 11.6. The van der Waals surface area contributed by atoms with Crippen molar-refractivity contribution < 1.29 is 19.1 Å². The number of nitrogens with zero attached hydrogens (tertiary/aromatic N) is 2. The van der Waals surface area contributed by atoms with E-state index in [4.69, 9.17) is 9.47 Å². The van der Waals surface area contributed by atoms with Crippen LogP contribution < -0.4 is 10.1 Å². The number of rotatable bonds is 5. The van der Waals surface area contributed by atoms with E-state index in [9.17, 15) is 9.59 Å². The zero-order valence-corrected chi connectivity index (χ0v) is 13.5. The van der Waals surface area contributed by atoms with Crippen molar-refractivity contribution in [3.8, 4) is 16.9 Å². The van der Waals surface area contributed by atoms with Crippen molar-refractivity contribution in [3.63, 3.8) is 0 Å². The van der Waals surface area contributed by atoms with Crippen LogP contribution in [0.4, 0.5) is 10.6 Å². The van der Waals surface area contributed by atoms with Crippen LogP contribution in [-0.2, 0) is 9.53 Å². The summed E-state index contributed by atoms with van der Waals surface area (Å²) in [4.78, 5) is 24.9. The fourth-order valence-electron chi connectivity index (χ4n) is 2.54. The number of carbonyl (C=O) groups excluding carboxylic acids is 2. The van der Waals surface area contributed by atoms with Crippen LogP contribution in [0, 0.1) is 6.92 Å². The number of ether oxygens (including phenoxy) is 2. The summed E-state index contributed by atoms with van der Waals surface area (Å²) in [5, 5.41) is 9.76. The smallest absolute Gasteiger partial charge is 0.410 e. The number of carbonyl (C=O) groups is 2. The highest BCUT2D eigenvalue weighted by atomic mass is 16.6. The first-order valence-electron chi connectivity index (χ1n) is 7.49. The lowest BCUT2D eigenvalue weighted by atomic mass is 10.1. The number of aryl methyl sites for hydroxylation is 1. The summed E-state index contributed by atoms with van der Waals surface area (Å²) in [6.07, 6.45) is -0.473. The van der Waals surface area contributed by atoms with Crippen LogP contribution in [-0.4, -0.2) is 53.9 Å². The van der Waals surface area contributed by atoms with Gasteiger partial charge in [-0.1, -0.05) is 12.1 Å². The molecule has 8 nitrogen and oxygen atoms in total. The molecule has 2 amide bonds. The molecule has 0 saturated carbocycles. The van der Waals surface area contributed by atoms with Gasteiger partial charge >= 0.3 is 6.09 Å². The van der Waals surface area contributed by atoms with E-state index in [0.717, 1.165) is 22.6 Å². The Morgan fingerprint density at radius 2 is 2.17 bits per heavy atom. The van der Waals surface area contributed by atoms with Gasteiger partial charge in [-0.2, -0.15) is 5.10 Å². The molecule has 1 fully saturated rings. The molecule has 0 aliphatic carbocycles. The number of aromatic amines is 1. The maximum Gasteiger partial charge on any atom is 0.410 e. The molecular formula is C16H18N4O4. The van der Waals surface area contributed by atoms with Gasteiger partial charge in [-0.25, -0.2) is 4.79 Å². The molecule has 2 N–H and O–H groups in total. The third kappa shape index (κ3) is 3.17. The Labute approximate surface area is 138 Å². The van der Waals surface area contributed by atoms with Gasteiger partial charge in [-0.05, 0) is 24.6 Å². The molecular weight excluding hydrogens is 312 g/mol. The van der Waals surface area contributed by atoms with Gasteiger partial charge in [0.15, 0.2) is 5.82 Å². The van der Waals surface area contributed by atoms with Crippen molar-refractivity contribution in [2.75, 3.05) is 32.1 Å². The van der Waals surface area contributed by atoms with Crippen LogP contribution in [0.5, 0.6) is 5.75 Å². The van der Waals surface area contributed by atoms with E-state index in [0.29, 0.717) is 19.0 Å². The zero-order chi connectivity index (χ0) is 17.1. The highest BCUT2D eigenvalue weighted by Crippen LogP contribution is 2.30. The SMILES string of the molecule is COc1ccc(-c2c(NC(=O)CN3CCOC3=O)n[nH]c2C)cc1. The lowest BCUT2D eigenvalue weighted by Crippen LogP contribution is -2.33. The average Bonchev–Trinajstić information content (AvgIpc) is 3.14. The monoisotopic (exact) mass is 330 g/mol. The Balaban J connectivity index is 1.76. The number of aromatic nitrogens is 2. The van der Waals surface area contributed by atoms with Crippen molar-refractivity contribution in [2.24, 2.45) is 0 Å². The van der Waals surface area contributed by atoms with E-state index in [1.807, 2.05) is 31.2 Å². The average molecular weight is 330 g/mol. The van der Waals surface area contributed by atoms with Crippen molar-refractivity contribution in [1.29, 1.82) is 0 Å². The van der Waals surface area contributed by atoms with Gasteiger partial charge in [0.05, 0.1) is 13.7 Å². The first kappa shape index (κ1) is 15.9. The largest absolute Gasteiger partial charge is 0.497 e. The van der Waals surface area contributed by atoms with Crippen LogP contribution in [0.15, 0.2) is 24.3 Å². The van der Waals surface area contributed by atoms with Gasteiger partial charge in [0.1, 0.15) is 18.9 Å². The topological polar surface area (TPSA) is 96.6 Å². The predicted molar refractivity (Wildman–Crippen MR) is 86.9 cm³/mol. The fourth-order valence-corrected chi connectivity index (χ4v) is 2.54. The van der Waals surface area contributed by atoms with Crippen LogP contribution in [0.2, 0.25) is 0 Å².